The van der Waals surface area contributed by atoms with Crippen molar-refractivity contribution in [1.29, 1.82) is 0 Å². The number of carbonyl (C=O) groups excluding carboxylic acids is 1. The third kappa shape index (κ3) is 3.33. The lowest BCUT2D eigenvalue weighted by Crippen LogP contribution is -2.39. The van der Waals surface area contributed by atoms with Crippen LogP contribution >= 0.6 is 0 Å². The van der Waals surface area contributed by atoms with Gasteiger partial charge >= 0.3 is 0 Å². The van der Waals surface area contributed by atoms with E-state index in [9.17, 15) is 4.79 Å². The van der Waals surface area contributed by atoms with Crippen LogP contribution in [0.15, 0.2) is 30.3 Å². The monoisotopic (exact) mass is 246 g/mol. The molecule has 0 aliphatic carbocycles. The number of piperidine rings is 1. The SMILES string of the molecule is C[C@@H](NC(=O)C1CCN(C)CC1)c1ccccc1. The molecule has 0 bridgehead atoms. The number of benzene rings is 1. The molecule has 3 heteroatoms. The van der Waals surface area contributed by atoms with Crippen molar-refractivity contribution >= 4 is 5.91 Å². The molecule has 3 nitrogen and oxygen atoms in total. The Morgan fingerprint density at radius 3 is 2.50 bits per heavy atom. The van der Waals surface area contributed by atoms with Crippen LogP contribution in [0.4, 0.5) is 0 Å². The van der Waals surface area contributed by atoms with Crippen LogP contribution in [-0.2, 0) is 4.79 Å². The maximum atomic E-state index is 12.2. The van der Waals surface area contributed by atoms with Crippen LogP contribution in [0.25, 0.3) is 0 Å². The van der Waals surface area contributed by atoms with Crippen molar-refractivity contribution in [2.45, 2.75) is 25.8 Å². The second-order valence-electron chi connectivity index (χ2n) is 5.22. The normalized spacial score (nSPS) is 19.4. The molecule has 1 N–H and O–H groups in total. The Balaban J connectivity index is 1.87. The summed E-state index contributed by atoms with van der Waals surface area (Å²) in [6, 6.07) is 10.2. The number of amides is 1. The molecule has 0 spiro atoms. The summed E-state index contributed by atoms with van der Waals surface area (Å²) in [5.74, 6) is 0.395. The first-order valence-electron chi connectivity index (χ1n) is 6.70. The first-order chi connectivity index (χ1) is 8.66. The van der Waals surface area contributed by atoms with Gasteiger partial charge in [-0.15, -0.1) is 0 Å². The smallest absolute Gasteiger partial charge is 0.223 e. The van der Waals surface area contributed by atoms with E-state index in [2.05, 4.69) is 29.4 Å². The molecule has 1 aliphatic rings. The van der Waals surface area contributed by atoms with Gasteiger partial charge in [0.05, 0.1) is 6.04 Å². The second kappa shape index (κ2) is 6.01. The zero-order chi connectivity index (χ0) is 13.0. The molecule has 0 saturated carbocycles. The molecule has 0 aromatic heterocycles. The van der Waals surface area contributed by atoms with E-state index in [1.807, 2.05) is 25.1 Å². The first kappa shape index (κ1) is 13.1. The van der Waals surface area contributed by atoms with Crippen molar-refractivity contribution in [2.75, 3.05) is 20.1 Å². The van der Waals surface area contributed by atoms with E-state index < -0.39 is 0 Å². The maximum absolute atomic E-state index is 12.2. The van der Waals surface area contributed by atoms with Crippen molar-refractivity contribution in [3.8, 4) is 0 Å². The van der Waals surface area contributed by atoms with Gasteiger partial charge in [-0.25, -0.2) is 0 Å². The number of nitrogens with zero attached hydrogens (tertiary/aromatic N) is 1. The van der Waals surface area contributed by atoms with Gasteiger partial charge in [-0.05, 0) is 45.5 Å². The van der Waals surface area contributed by atoms with Crippen molar-refractivity contribution in [3.05, 3.63) is 35.9 Å². The van der Waals surface area contributed by atoms with Gasteiger partial charge in [0.1, 0.15) is 0 Å². The minimum atomic E-state index is 0.0957. The third-order valence-electron chi connectivity index (χ3n) is 3.75. The largest absolute Gasteiger partial charge is 0.349 e. The molecular weight excluding hydrogens is 224 g/mol. The van der Waals surface area contributed by atoms with Gasteiger partial charge in [-0.1, -0.05) is 30.3 Å². The highest BCUT2D eigenvalue weighted by atomic mass is 16.1. The standard InChI is InChI=1S/C15H22N2O/c1-12(13-6-4-3-5-7-13)16-15(18)14-8-10-17(2)11-9-14/h3-7,12,14H,8-11H2,1-2H3,(H,16,18)/t12-/m1/s1. The molecule has 2 rings (SSSR count). The predicted molar refractivity (Wildman–Crippen MR) is 73.2 cm³/mol. The average Bonchev–Trinajstić information content (AvgIpc) is 2.40. The zero-order valence-electron chi connectivity index (χ0n) is 11.2. The molecule has 18 heavy (non-hydrogen) atoms. The van der Waals surface area contributed by atoms with E-state index in [0.29, 0.717) is 0 Å². The molecule has 1 heterocycles. The molecule has 1 saturated heterocycles. The van der Waals surface area contributed by atoms with E-state index in [4.69, 9.17) is 0 Å². The zero-order valence-corrected chi connectivity index (χ0v) is 11.2. The van der Waals surface area contributed by atoms with Gasteiger partial charge in [-0.3, -0.25) is 4.79 Å². The Labute approximate surface area is 109 Å². The van der Waals surface area contributed by atoms with Crippen LogP contribution < -0.4 is 5.32 Å². The van der Waals surface area contributed by atoms with E-state index >= 15 is 0 Å². The maximum Gasteiger partial charge on any atom is 0.223 e. The number of rotatable bonds is 3. The highest BCUT2D eigenvalue weighted by Crippen LogP contribution is 2.18. The Morgan fingerprint density at radius 1 is 1.28 bits per heavy atom. The summed E-state index contributed by atoms with van der Waals surface area (Å²) in [6.07, 6.45) is 1.95. The lowest BCUT2D eigenvalue weighted by molar-refractivity contribution is -0.127. The summed E-state index contributed by atoms with van der Waals surface area (Å²) in [7, 11) is 2.11. The molecule has 1 aromatic rings. The van der Waals surface area contributed by atoms with Gasteiger partial charge < -0.3 is 10.2 Å². The van der Waals surface area contributed by atoms with Gasteiger partial charge in [-0.2, -0.15) is 0 Å². The van der Waals surface area contributed by atoms with Crippen molar-refractivity contribution in [3.63, 3.8) is 0 Å². The number of nitrogens with one attached hydrogen (secondary N) is 1. The van der Waals surface area contributed by atoms with Crippen LogP contribution in [-0.4, -0.2) is 30.9 Å². The molecule has 1 aliphatic heterocycles. The molecule has 1 amide bonds. The van der Waals surface area contributed by atoms with E-state index in [0.717, 1.165) is 25.9 Å². The Bertz CT molecular complexity index is 383. The lowest BCUT2D eigenvalue weighted by Gasteiger charge is -2.29. The predicted octanol–water partition coefficient (Wildman–Crippen LogP) is 2.21. The van der Waals surface area contributed by atoms with Crippen molar-refractivity contribution in [2.24, 2.45) is 5.92 Å². The van der Waals surface area contributed by atoms with Gasteiger partial charge in [0, 0.05) is 5.92 Å². The van der Waals surface area contributed by atoms with Gasteiger partial charge in [0.2, 0.25) is 5.91 Å². The van der Waals surface area contributed by atoms with Crippen LogP contribution in [0.2, 0.25) is 0 Å². The molecule has 0 unspecified atom stereocenters. The fourth-order valence-electron chi connectivity index (χ4n) is 2.43. The summed E-state index contributed by atoms with van der Waals surface area (Å²) in [6.45, 7) is 4.10. The van der Waals surface area contributed by atoms with E-state index in [1.54, 1.807) is 0 Å². The highest BCUT2D eigenvalue weighted by Gasteiger charge is 2.24. The van der Waals surface area contributed by atoms with E-state index in [-0.39, 0.29) is 17.9 Å². The summed E-state index contributed by atoms with van der Waals surface area (Å²) < 4.78 is 0. The Kier molecular flexibility index (Phi) is 4.37. The Hall–Kier alpha value is -1.35. The molecule has 1 atom stereocenters. The molecule has 1 fully saturated rings. The van der Waals surface area contributed by atoms with Crippen LogP contribution in [0.5, 0.6) is 0 Å². The second-order valence-corrected chi connectivity index (χ2v) is 5.22. The summed E-state index contributed by atoms with van der Waals surface area (Å²) in [5.41, 5.74) is 1.17. The molecule has 1 aromatic carbocycles. The number of carbonyl (C=O) groups is 1. The van der Waals surface area contributed by atoms with Gasteiger partial charge in [0.25, 0.3) is 0 Å². The number of hydrogen-bond donors (Lipinski definition) is 1. The van der Waals surface area contributed by atoms with Crippen LogP contribution in [0.1, 0.15) is 31.4 Å². The van der Waals surface area contributed by atoms with Crippen LogP contribution in [0, 0.1) is 5.92 Å². The fraction of sp³-hybridized carbons (Fsp3) is 0.533. The number of likely N-dealkylation sites (tertiary alicyclic amines) is 1. The highest BCUT2D eigenvalue weighted by molar-refractivity contribution is 5.79. The lowest BCUT2D eigenvalue weighted by atomic mass is 9.95. The quantitative estimate of drug-likeness (QED) is 0.887. The van der Waals surface area contributed by atoms with Crippen molar-refractivity contribution in [1.82, 2.24) is 10.2 Å². The minimum Gasteiger partial charge on any atom is -0.349 e. The minimum absolute atomic E-state index is 0.0957. The fourth-order valence-corrected chi connectivity index (χ4v) is 2.43. The summed E-state index contributed by atoms with van der Waals surface area (Å²) in [4.78, 5) is 14.4. The molecular formula is C15H22N2O. The average molecular weight is 246 g/mol. The summed E-state index contributed by atoms with van der Waals surface area (Å²) in [5, 5.41) is 3.12. The molecule has 0 radical (unpaired) electrons. The Morgan fingerprint density at radius 2 is 1.89 bits per heavy atom. The van der Waals surface area contributed by atoms with Gasteiger partial charge in [0.15, 0.2) is 0 Å². The topological polar surface area (TPSA) is 32.3 Å². The first-order valence-corrected chi connectivity index (χ1v) is 6.70. The summed E-state index contributed by atoms with van der Waals surface area (Å²) >= 11 is 0. The molecule has 98 valence electrons. The van der Waals surface area contributed by atoms with E-state index in [1.165, 1.54) is 5.56 Å². The third-order valence-corrected chi connectivity index (χ3v) is 3.75. The van der Waals surface area contributed by atoms with Crippen LogP contribution in [0.3, 0.4) is 0 Å². The number of hydrogen-bond acceptors (Lipinski definition) is 2. The van der Waals surface area contributed by atoms with Crippen molar-refractivity contribution < 1.29 is 4.79 Å².